The van der Waals surface area contributed by atoms with Crippen LogP contribution in [0.3, 0.4) is 0 Å². The smallest absolute Gasteiger partial charge is 0.149 e. The summed E-state index contributed by atoms with van der Waals surface area (Å²) in [7, 11) is 0. The number of hydrogen-bond acceptors (Lipinski definition) is 3. The van der Waals surface area contributed by atoms with Gasteiger partial charge in [0.2, 0.25) is 0 Å². The van der Waals surface area contributed by atoms with Crippen molar-refractivity contribution in [1.29, 1.82) is 0 Å². The molecular weight excluding hydrogens is 202 g/mol. The van der Waals surface area contributed by atoms with Crippen LogP contribution < -0.4 is 0 Å². The van der Waals surface area contributed by atoms with Crippen LogP contribution in [0.1, 0.15) is 51.4 Å². The van der Waals surface area contributed by atoms with Gasteiger partial charge in [0.25, 0.3) is 0 Å². The zero-order valence-electron chi connectivity index (χ0n) is 10.0. The fourth-order valence-electron chi connectivity index (χ4n) is 3.22. The SMILES string of the molecule is O=C1CCCCC1N1CCCC1CCCO. The van der Waals surface area contributed by atoms with Gasteiger partial charge < -0.3 is 5.11 Å². The number of ketones is 1. The Kier molecular flexibility index (Phi) is 4.36. The third-order valence-corrected chi connectivity index (χ3v) is 4.04. The number of nitrogens with zero attached hydrogens (tertiary/aromatic N) is 1. The fraction of sp³-hybridized carbons (Fsp3) is 0.923. The van der Waals surface area contributed by atoms with Crippen LogP contribution in [0.5, 0.6) is 0 Å². The molecule has 0 amide bonds. The van der Waals surface area contributed by atoms with E-state index in [0.717, 1.165) is 38.6 Å². The van der Waals surface area contributed by atoms with Crippen molar-refractivity contribution in [2.75, 3.05) is 13.2 Å². The highest BCUT2D eigenvalue weighted by atomic mass is 16.2. The van der Waals surface area contributed by atoms with Crippen molar-refractivity contribution in [2.45, 2.75) is 63.5 Å². The van der Waals surface area contributed by atoms with Gasteiger partial charge in [0, 0.05) is 19.1 Å². The van der Waals surface area contributed by atoms with E-state index in [9.17, 15) is 4.79 Å². The van der Waals surface area contributed by atoms with Gasteiger partial charge in [-0.05, 0) is 45.1 Å². The maximum absolute atomic E-state index is 11.9. The predicted octanol–water partition coefficient (Wildman–Crippen LogP) is 1.73. The van der Waals surface area contributed by atoms with Gasteiger partial charge >= 0.3 is 0 Å². The van der Waals surface area contributed by atoms with Crippen LogP contribution in [0.25, 0.3) is 0 Å². The molecule has 2 fully saturated rings. The van der Waals surface area contributed by atoms with Crippen LogP contribution in [0.15, 0.2) is 0 Å². The Hall–Kier alpha value is -0.410. The number of hydrogen-bond donors (Lipinski definition) is 1. The Bertz CT molecular complexity index is 242. The molecule has 3 nitrogen and oxygen atoms in total. The number of carbonyl (C=O) groups is 1. The van der Waals surface area contributed by atoms with Gasteiger partial charge in [0.15, 0.2) is 0 Å². The lowest BCUT2D eigenvalue weighted by molar-refractivity contribution is -0.126. The molecule has 92 valence electrons. The van der Waals surface area contributed by atoms with E-state index >= 15 is 0 Å². The van der Waals surface area contributed by atoms with Crippen LogP contribution in [0.2, 0.25) is 0 Å². The number of rotatable bonds is 4. The van der Waals surface area contributed by atoms with E-state index < -0.39 is 0 Å². The molecule has 0 spiro atoms. The number of aliphatic hydroxyl groups excluding tert-OH is 1. The molecule has 1 saturated carbocycles. The largest absolute Gasteiger partial charge is 0.396 e. The third kappa shape index (κ3) is 2.64. The molecule has 1 heterocycles. The van der Waals surface area contributed by atoms with Gasteiger partial charge in [-0.3, -0.25) is 9.69 Å². The van der Waals surface area contributed by atoms with Crippen molar-refractivity contribution in [3.8, 4) is 0 Å². The van der Waals surface area contributed by atoms with Gasteiger partial charge in [0.1, 0.15) is 5.78 Å². The van der Waals surface area contributed by atoms with Crippen molar-refractivity contribution in [3.63, 3.8) is 0 Å². The van der Waals surface area contributed by atoms with E-state index in [2.05, 4.69) is 4.90 Å². The maximum Gasteiger partial charge on any atom is 0.149 e. The summed E-state index contributed by atoms with van der Waals surface area (Å²) in [5.41, 5.74) is 0. The molecule has 1 aliphatic heterocycles. The average Bonchev–Trinajstić information content (AvgIpc) is 2.75. The van der Waals surface area contributed by atoms with Crippen LogP contribution in [0, 0.1) is 0 Å². The lowest BCUT2D eigenvalue weighted by Gasteiger charge is -2.34. The van der Waals surface area contributed by atoms with Gasteiger partial charge in [-0.15, -0.1) is 0 Å². The second-order valence-corrected chi connectivity index (χ2v) is 5.13. The number of aliphatic hydroxyl groups is 1. The van der Waals surface area contributed by atoms with E-state index in [4.69, 9.17) is 5.11 Å². The third-order valence-electron chi connectivity index (χ3n) is 4.04. The Labute approximate surface area is 97.8 Å². The first kappa shape index (κ1) is 12.1. The summed E-state index contributed by atoms with van der Waals surface area (Å²) in [5, 5.41) is 8.89. The molecule has 0 aromatic rings. The Balaban J connectivity index is 1.92. The highest BCUT2D eigenvalue weighted by Crippen LogP contribution is 2.29. The first-order valence-corrected chi connectivity index (χ1v) is 6.72. The quantitative estimate of drug-likeness (QED) is 0.792. The first-order chi connectivity index (χ1) is 7.83. The molecule has 2 aliphatic rings. The van der Waals surface area contributed by atoms with Crippen LogP contribution in [-0.4, -0.2) is 41.0 Å². The standard InChI is InChI=1S/C13H23NO2/c15-10-4-6-11-5-3-9-14(11)12-7-1-2-8-13(12)16/h11-12,15H,1-10H2. The zero-order valence-corrected chi connectivity index (χ0v) is 10.0. The van der Waals surface area contributed by atoms with Crippen molar-refractivity contribution >= 4 is 5.78 Å². The lowest BCUT2D eigenvalue weighted by Crippen LogP contribution is -2.45. The highest BCUT2D eigenvalue weighted by molar-refractivity contribution is 5.84. The maximum atomic E-state index is 11.9. The molecule has 0 aromatic heterocycles. The molecular formula is C13H23NO2. The second kappa shape index (κ2) is 5.78. The second-order valence-electron chi connectivity index (χ2n) is 5.13. The molecule has 0 aromatic carbocycles. The molecule has 0 bridgehead atoms. The minimum absolute atomic E-state index is 0.208. The van der Waals surface area contributed by atoms with Crippen molar-refractivity contribution in [1.82, 2.24) is 4.90 Å². The summed E-state index contributed by atoms with van der Waals surface area (Å²) in [6.45, 7) is 1.37. The van der Waals surface area contributed by atoms with Crippen molar-refractivity contribution < 1.29 is 9.90 Å². The van der Waals surface area contributed by atoms with Crippen LogP contribution in [-0.2, 0) is 4.79 Å². The van der Waals surface area contributed by atoms with E-state index in [-0.39, 0.29) is 12.6 Å². The minimum Gasteiger partial charge on any atom is -0.396 e. The summed E-state index contributed by atoms with van der Waals surface area (Å²) in [6.07, 6.45) is 8.51. The van der Waals surface area contributed by atoms with E-state index in [1.54, 1.807) is 0 Å². The van der Waals surface area contributed by atoms with E-state index in [1.165, 1.54) is 19.3 Å². The summed E-state index contributed by atoms with van der Waals surface area (Å²) in [6, 6.07) is 0.763. The highest BCUT2D eigenvalue weighted by Gasteiger charge is 2.34. The summed E-state index contributed by atoms with van der Waals surface area (Å²) >= 11 is 0. The molecule has 2 rings (SSSR count). The summed E-state index contributed by atoms with van der Waals surface area (Å²) < 4.78 is 0. The predicted molar refractivity (Wildman–Crippen MR) is 63.3 cm³/mol. The minimum atomic E-state index is 0.208. The summed E-state index contributed by atoms with van der Waals surface area (Å²) in [5.74, 6) is 0.460. The molecule has 16 heavy (non-hydrogen) atoms. The van der Waals surface area contributed by atoms with Gasteiger partial charge in [-0.25, -0.2) is 0 Å². The van der Waals surface area contributed by atoms with Gasteiger partial charge in [0.05, 0.1) is 6.04 Å². The molecule has 1 N–H and O–H groups in total. The fourth-order valence-corrected chi connectivity index (χ4v) is 3.22. The number of likely N-dealkylation sites (tertiary alicyclic amines) is 1. The molecule has 2 atom stereocenters. The van der Waals surface area contributed by atoms with Crippen LogP contribution >= 0.6 is 0 Å². The molecule has 0 radical (unpaired) electrons. The average molecular weight is 225 g/mol. The Morgan fingerprint density at radius 2 is 2.12 bits per heavy atom. The van der Waals surface area contributed by atoms with Crippen molar-refractivity contribution in [3.05, 3.63) is 0 Å². The van der Waals surface area contributed by atoms with Crippen LogP contribution in [0.4, 0.5) is 0 Å². The lowest BCUT2D eigenvalue weighted by atomic mass is 9.92. The zero-order chi connectivity index (χ0) is 11.4. The molecule has 2 unspecified atom stereocenters. The van der Waals surface area contributed by atoms with Gasteiger partial charge in [-0.2, -0.15) is 0 Å². The molecule has 1 saturated heterocycles. The first-order valence-electron chi connectivity index (χ1n) is 6.72. The summed E-state index contributed by atoms with van der Waals surface area (Å²) in [4.78, 5) is 14.3. The number of Topliss-reactive ketones (excluding diaryl/α,β-unsaturated/α-hetero) is 1. The van der Waals surface area contributed by atoms with E-state index in [1.807, 2.05) is 0 Å². The number of carbonyl (C=O) groups excluding carboxylic acids is 1. The Morgan fingerprint density at radius 3 is 2.88 bits per heavy atom. The van der Waals surface area contributed by atoms with Gasteiger partial charge in [-0.1, -0.05) is 6.42 Å². The normalized spacial score (nSPS) is 32.2. The molecule has 1 aliphatic carbocycles. The monoisotopic (exact) mass is 225 g/mol. The van der Waals surface area contributed by atoms with E-state index in [0.29, 0.717) is 11.8 Å². The van der Waals surface area contributed by atoms with Crippen molar-refractivity contribution in [2.24, 2.45) is 0 Å². The topological polar surface area (TPSA) is 40.5 Å². The Morgan fingerprint density at radius 1 is 1.25 bits per heavy atom. The molecule has 3 heteroatoms.